The van der Waals surface area contributed by atoms with Gasteiger partial charge in [-0.2, -0.15) is 0 Å². The molecule has 11 heteroatoms. The normalized spacial score (nSPS) is 20.4. The van der Waals surface area contributed by atoms with Crippen LogP contribution in [-0.4, -0.2) is 66.5 Å². The molecule has 2 N–H and O–H groups in total. The number of anilines is 1. The number of carbonyl (C=O) groups excluding carboxylic acids is 3. The van der Waals surface area contributed by atoms with E-state index in [1.54, 1.807) is 29.2 Å². The van der Waals surface area contributed by atoms with Crippen molar-refractivity contribution < 1.29 is 33.4 Å². The predicted octanol–water partition coefficient (Wildman–Crippen LogP) is 2.30. The van der Waals surface area contributed by atoms with Crippen LogP contribution in [0.25, 0.3) is 0 Å². The van der Waals surface area contributed by atoms with E-state index in [2.05, 4.69) is 5.32 Å². The van der Waals surface area contributed by atoms with Gasteiger partial charge in [-0.3, -0.25) is 9.59 Å². The SMILES string of the molecule is O=C(NCc1cc(F)cc(Cl)c1)O[C@@]1(O)CCN(c2cccc(C(=O)N3CCOCC3)c2)C1=O. The average molecular weight is 492 g/mol. The summed E-state index contributed by atoms with van der Waals surface area (Å²) >= 11 is 5.79. The number of benzene rings is 2. The van der Waals surface area contributed by atoms with Crippen molar-refractivity contribution in [3.63, 3.8) is 0 Å². The molecule has 0 radical (unpaired) electrons. The van der Waals surface area contributed by atoms with E-state index in [0.717, 1.165) is 6.07 Å². The van der Waals surface area contributed by atoms with Gasteiger partial charge in [-0.05, 0) is 42.0 Å². The summed E-state index contributed by atoms with van der Waals surface area (Å²) in [5.74, 6) is -3.94. The lowest BCUT2D eigenvalue weighted by Gasteiger charge is -2.27. The topological polar surface area (TPSA) is 108 Å². The third-order valence-corrected chi connectivity index (χ3v) is 5.80. The second kappa shape index (κ2) is 9.96. The summed E-state index contributed by atoms with van der Waals surface area (Å²) in [4.78, 5) is 40.8. The van der Waals surface area contributed by atoms with Crippen LogP contribution in [0.5, 0.6) is 0 Å². The van der Waals surface area contributed by atoms with Crippen LogP contribution in [0.3, 0.4) is 0 Å². The first kappa shape index (κ1) is 23.9. The summed E-state index contributed by atoms with van der Waals surface area (Å²) in [6, 6.07) is 10.3. The minimum Gasteiger partial charge on any atom is -0.407 e. The van der Waals surface area contributed by atoms with Crippen molar-refractivity contribution in [1.82, 2.24) is 10.2 Å². The van der Waals surface area contributed by atoms with E-state index < -0.39 is 23.6 Å². The quantitative estimate of drug-likeness (QED) is 0.621. The van der Waals surface area contributed by atoms with Crippen molar-refractivity contribution in [2.24, 2.45) is 0 Å². The molecular weight excluding hydrogens is 469 g/mol. The molecule has 180 valence electrons. The van der Waals surface area contributed by atoms with Crippen molar-refractivity contribution >= 4 is 35.2 Å². The molecule has 0 saturated carbocycles. The van der Waals surface area contributed by atoms with Gasteiger partial charge in [-0.25, -0.2) is 9.18 Å². The lowest BCUT2D eigenvalue weighted by molar-refractivity contribution is -0.175. The Hall–Kier alpha value is -3.21. The molecule has 2 aromatic carbocycles. The highest BCUT2D eigenvalue weighted by Crippen LogP contribution is 2.30. The Bertz CT molecular complexity index is 1090. The number of morpholine rings is 1. The van der Waals surface area contributed by atoms with Crippen LogP contribution >= 0.6 is 11.6 Å². The number of alkyl carbamates (subject to hydrolysis) is 1. The first-order valence-electron chi connectivity index (χ1n) is 10.7. The molecule has 2 aromatic rings. The van der Waals surface area contributed by atoms with Crippen LogP contribution in [0.2, 0.25) is 5.02 Å². The van der Waals surface area contributed by atoms with E-state index in [9.17, 15) is 23.9 Å². The number of ether oxygens (including phenoxy) is 2. The second-order valence-electron chi connectivity index (χ2n) is 7.97. The van der Waals surface area contributed by atoms with Crippen molar-refractivity contribution in [3.8, 4) is 0 Å². The molecular formula is C23H23ClFN3O6. The van der Waals surface area contributed by atoms with Gasteiger partial charge in [-0.1, -0.05) is 17.7 Å². The zero-order chi connectivity index (χ0) is 24.3. The lowest BCUT2D eigenvalue weighted by Crippen LogP contribution is -2.46. The molecule has 2 aliphatic rings. The van der Waals surface area contributed by atoms with E-state index in [0.29, 0.717) is 43.1 Å². The summed E-state index contributed by atoms with van der Waals surface area (Å²) in [7, 11) is 0. The summed E-state index contributed by atoms with van der Waals surface area (Å²) in [6.45, 7) is 1.86. The van der Waals surface area contributed by atoms with E-state index in [1.165, 1.54) is 17.0 Å². The van der Waals surface area contributed by atoms with Gasteiger partial charge in [0.15, 0.2) is 0 Å². The average Bonchev–Trinajstić information content (AvgIpc) is 3.11. The van der Waals surface area contributed by atoms with Gasteiger partial charge in [-0.15, -0.1) is 0 Å². The Labute approximate surface area is 200 Å². The highest BCUT2D eigenvalue weighted by atomic mass is 35.5. The van der Waals surface area contributed by atoms with Crippen LogP contribution in [0, 0.1) is 5.82 Å². The molecule has 1 atom stereocenters. The maximum absolute atomic E-state index is 13.4. The number of halogens is 2. The minimum absolute atomic E-state index is 0.0807. The maximum Gasteiger partial charge on any atom is 0.410 e. The summed E-state index contributed by atoms with van der Waals surface area (Å²) in [5, 5.41) is 13.2. The van der Waals surface area contributed by atoms with E-state index in [1.807, 2.05) is 0 Å². The Morgan fingerprint density at radius 2 is 1.94 bits per heavy atom. The number of hydrogen-bond donors (Lipinski definition) is 2. The van der Waals surface area contributed by atoms with Crippen molar-refractivity contribution in [1.29, 1.82) is 0 Å². The fourth-order valence-electron chi connectivity index (χ4n) is 3.86. The van der Waals surface area contributed by atoms with Crippen LogP contribution in [-0.2, 0) is 20.8 Å². The van der Waals surface area contributed by atoms with E-state index >= 15 is 0 Å². The monoisotopic (exact) mass is 491 g/mol. The third kappa shape index (κ3) is 5.30. The second-order valence-corrected chi connectivity index (χ2v) is 8.40. The highest BCUT2D eigenvalue weighted by molar-refractivity contribution is 6.30. The summed E-state index contributed by atoms with van der Waals surface area (Å²) < 4.78 is 23.7. The Balaban J connectivity index is 1.39. The van der Waals surface area contributed by atoms with Crippen molar-refractivity contribution in [2.75, 3.05) is 37.7 Å². The Morgan fingerprint density at radius 1 is 1.18 bits per heavy atom. The number of rotatable bonds is 5. The molecule has 0 aromatic heterocycles. The summed E-state index contributed by atoms with van der Waals surface area (Å²) in [5.41, 5.74) is 1.18. The van der Waals surface area contributed by atoms with Crippen molar-refractivity contribution in [2.45, 2.75) is 18.8 Å². The molecule has 9 nitrogen and oxygen atoms in total. The van der Waals surface area contributed by atoms with Gasteiger partial charge >= 0.3 is 6.09 Å². The number of aliphatic hydroxyl groups is 1. The zero-order valence-electron chi connectivity index (χ0n) is 18.1. The van der Waals surface area contributed by atoms with Gasteiger partial charge in [0.05, 0.1) is 13.2 Å². The molecule has 34 heavy (non-hydrogen) atoms. The van der Waals surface area contributed by atoms with Gasteiger partial charge in [0.2, 0.25) is 0 Å². The van der Waals surface area contributed by atoms with Crippen molar-refractivity contribution in [3.05, 3.63) is 64.4 Å². The molecule has 2 saturated heterocycles. The van der Waals surface area contributed by atoms with Gasteiger partial charge in [0.25, 0.3) is 17.6 Å². The molecule has 0 spiro atoms. The standard InChI is InChI=1S/C23H23ClFN3O6/c24-17-10-15(11-18(25)13-17)14-26-22(31)34-23(32)4-5-28(21(23)30)19-3-1-2-16(12-19)20(29)27-6-8-33-9-7-27/h1-3,10-13,32H,4-9,14H2,(H,26,31)/t23-/m0/s1. The molecule has 2 fully saturated rings. The zero-order valence-corrected chi connectivity index (χ0v) is 18.9. The fraction of sp³-hybridized carbons (Fsp3) is 0.348. The minimum atomic E-state index is -2.37. The van der Waals surface area contributed by atoms with E-state index in [-0.39, 0.29) is 30.4 Å². The molecule has 0 bridgehead atoms. The van der Waals surface area contributed by atoms with Crippen LogP contribution < -0.4 is 10.2 Å². The largest absolute Gasteiger partial charge is 0.410 e. The van der Waals surface area contributed by atoms with E-state index in [4.69, 9.17) is 21.1 Å². The number of nitrogens with zero attached hydrogens (tertiary/aromatic N) is 2. The third-order valence-electron chi connectivity index (χ3n) is 5.58. The molecule has 2 heterocycles. The smallest absolute Gasteiger partial charge is 0.407 e. The molecule has 2 aliphatic heterocycles. The first-order valence-corrected chi connectivity index (χ1v) is 11.1. The molecule has 3 amide bonds. The number of carbonyl (C=O) groups is 3. The first-order chi connectivity index (χ1) is 16.2. The van der Waals surface area contributed by atoms with Crippen LogP contribution in [0.4, 0.5) is 14.9 Å². The molecule has 4 rings (SSSR count). The van der Waals surface area contributed by atoms with Gasteiger partial charge in [0, 0.05) is 48.9 Å². The predicted molar refractivity (Wildman–Crippen MR) is 120 cm³/mol. The van der Waals surface area contributed by atoms with Crippen LogP contribution in [0.1, 0.15) is 22.3 Å². The van der Waals surface area contributed by atoms with Gasteiger partial charge in [0.1, 0.15) is 5.82 Å². The van der Waals surface area contributed by atoms with Crippen LogP contribution in [0.15, 0.2) is 42.5 Å². The fourth-order valence-corrected chi connectivity index (χ4v) is 4.10. The summed E-state index contributed by atoms with van der Waals surface area (Å²) in [6.07, 6.45) is -1.21. The Morgan fingerprint density at radius 3 is 2.68 bits per heavy atom. The number of nitrogens with one attached hydrogen (secondary N) is 1. The highest BCUT2D eigenvalue weighted by Gasteiger charge is 2.49. The number of hydrogen-bond acceptors (Lipinski definition) is 6. The number of amides is 3. The molecule has 0 unspecified atom stereocenters. The Kier molecular flexibility index (Phi) is 7.01. The lowest BCUT2D eigenvalue weighted by atomic mass is 10.1. The molecule has 0 aliphatic carbocycles. The van der Waals surface area contributed by atoms with Gasteiger partial charge < -0.3 is 29.7 Å². The maximum atomic E-state index is 13.4.